The van der Waals surface area contributed by atoms with Gasteiger partial charge in [-0.2, -0.15) is 0 Å². The van der Waals surface area contributed by atoms with E-state index in [0.29, 0.717) is 24.2 Å². The fourth-order valence-corrected chi connectivity index (χ4v) is 2.12. The van der Waals surface area contributed by atoms with Crippen LogP contribution in [-0.4, -0.2) is 35.6 Å². The first-order chi connectivity index (χ1) is 10.0. The summed E-state index contributed by atoms with van der Waals surface area (Å²) in [6.07, 6.45) is 1.39. The van der Waals surface area contributed by atoms with Gasteiger partial charge in [0.15, 0.2) is 0 Å². The maximum absolute atomic E-state index is 11.8. The van der Waals surface area contributed by atoms with Crippen LogP contribution in [0.5, 0.6) is 0 Å². The molecule has 0 aromatic heterocycles. The van der Waals surface area contributed by atoms with E-state index >= 15 is 0 Å². The first-order valence-corrected chi connectivity index (χ1v) is 6.70. The molecule has 112 valence electrons. The molecule has 4 N–H and O–H groups in total. The Labute approximate surface area is 121 Å². The van der Waals surface area contributed by atoms with Crippen molar-refractivity contribution in [3.63, 3.8) is 0 Å². The Morgan fingerprint density at radius 3 is 2.62 bits per heavy atom. The average Bonchev–Trinajstić information content (AvgIpc) is 2.43. The Morgan fingerprint density at radius 2 is 2.00 bits per heavy atom. The third kappa shape index (κ3) is 4.48. The minimum absolute atomic E-state index is 0.0608. The van der Waals surface area contributed by atoms with Crippen LogP contribution < -0.4 is 16.0 Å². The van der Waals surface area contributed by atoms with Gasteiger partial charge in [0.05, 0.1) is 6.42 Å². The molecule has 7 heteroatoms. The van der Waals surface area contributed by atoms with Gasteiger partial charge in [-0.15, -0.1) is 0 Å². The van der Waals surface area contributed by atoms with Gasteiger partial charge in [-0.25, -0.2) is 4.79 Å². The molecule has 1 aliphatic heterocycles. The number of anilines is 1. The second-order valence-corrected chi connectivity index (χ2v) is 4.85. The first kappa shape index (κ1) is 14.8. The summed E-state index contributed by atoms with van der Waals surface area (Å²) in [6.45, 7) is 0.643. The lowest BCUT2D eigenvalue weighted by Gasteiger charge is -2.22. The number of piperidine rings is 1. The second kappa shape index (κ2) is 6.74. The van der Waals surface area contributed by atoms with E-state index in [0.717, 1.165) is 6.42 Å². The van der Waals surface area contributed by atoms with Gasteiger partial charge in [0, 0.05) is 12.2 Å². The lowest BCUT2D eigenvalue weighted by molar-refractivity contribution is -0.136. The molecule has 7 nitrogen and oxygen atoms in total. The van der Waals surface area contributed by atoms with Crippen LogP contribution in [0.4, 0.5) is 10.5 Å². The van der Waals surface area contributed by atoms with Crippen LogP contribution >= 0.6 is 0 Å². The van der Waals surface area contributed by atoms with Gasteiger partial charge in [-0.3, -0.25) is 9.59 Å². The largest absolute Gasteiger partial charge is 0.481 e. The van der Waals surface area contributed by atoms with Gasteiger partial charge in [0.2, 0.25) is 5.91 Å². The summed E-state index contributed by atoms with van der Waals surface area (Å²) in [7, 11) is 0. The number of carboxylic acid groups (broad SMARTS) is 1. The smallest absolute Gasteiger partial charge is 0.319 e. The molecule has 0 saturated carbocycles. The molecule has 1 atom stereocenters. The van der Waals surface area contributed by atoms with Crippen molar-refractivity contribution in [2.45, 2.75) is 25.3 Å². The molecular weight excluding hydrogens is 274 g/mol. The summed E-state index contributed by atoms with van der Waals surface area (Å²) >= 11 is 0. The number of carbonyl (C=O) groups is 3. The number of urea groups is 1. The summed E-state index contributed by atoms with van der Waals surface area (Å²) in [5.74, 6) is -1.08. The number of carboxylic acids is 1. The fourth-order valence-electron chi connectivity index (χ4n) is 2.12. The number of hydrogen-bond donors (Lipinski definition) is 4. The summed E-state index contributed by atoms with van der Waals surface area (Å²) in [6, 6.07) is 5.55. The third-order valence-electron chi connectivity index (χ3n) is 3.16. The fraction of sp³-hybridized carbons (Fsp3) is 0.357. The maximum Gasteiger partial charge on any atom is 0.319 e. The predicted molar refractivity (Wildman–Crippen MR) is 76.0 cm³/mol. The molecule has 21 heavy (non-hydrogen) atoms. The first-order valence-electron chi connectivity index (χ1n) is 6.70. The number of carbonyl (C=O) groups excluding carboxylic acids is 2. The Morgan fingerprint density at radius 1 is 1.29 bits per heavy atom. The second-order valence-electron chi connectivity index (χ2n) is 4.85. The number of aliphatic carboxylic acids is 1. The van der Waals surface area contributed by atoms with Crippen molar-refractivity contribution in [3.8, 4) is 0 Å². The van der Waals surface area contributed by atoms with Crippen LogP contribution in [0.2, 0.25) is 0 Å². The summed E-state index contributed by atoms with van der Waals surface area (Å²) in [5, 5.41) is 16.6. The Hall–Kier alpha value is -2.57. The highest BCUT2D eigenvalue weighted by atomic mass is 16.4. The van der Waals surface area contributed by atoms with Crippen molar-refractivity contribution in [2.75, 3.05) is 11.9 Å². The van der Waals surface area contributed by atoms with Gasteiger partial charge < -0.3 is 21.1 Å². The van der Waals surface area contributed by atoms with E-state index in [4.69, 9.17) is 5.11 Å². The van der Waals surface area contributed by atoms with Crippen molar-refractivity contribution in [1.29, 1.82) is 0 Å². The Balaban J connectivity index is 1.87. The molecule has 1 aromatic rings. The summed E-state index contributed by atoms with van der Waals surface area (Å²) in [4.78, 5) is 33.9. The molecule has 0 spiro atoms. The van der Waals surface area contributed by atoms with Crippen molar-refractivity contribution in [1.82, 2.24) is 10.6 Å². The highest BCUT2D eigenvalue weighted by Gasteiger charge is 2.23. The third-order valence-corrected chi connectivity index (χ3v) is 3.16. The van der Waals surface area contributed by atoms with Gasteiger partial charge >= 0.3 is 12.0 Å². The van der Waals surface area contributed by atoms with E-state index in [2.05, 4.69) is 16.0 Å². The highest BCUT2D eigenvalue weighted by molar-refractivity contribution is 5.93. The van der Waals surface area contributed by atoms with Crippen molar-refractivity contribution in [2.24, 2.45) is 0 Å². The standard InChI is InChI=1S/C14H17N3O4/c18-12(19)8-9-3-5-10(6-4-9)16-14(21)17-11-2-1-7-15-13(11)20/h3-6,11H,1-2,7-8H2,(H,15,20)(H,18,19)(H2,16,17,21). The summed E-state index contributed by atoms with van der Waals surface area (Å²) in [5.41, 5.74) is 1.19. The predicted octanol–water partition coefficient (Wildman–Crippen LogP) is 0.714. The van der Waals surface area contributed by atoms with Crippen LogP contribution in [0.3, 0.4) is 0 Å². The normalized spacial score (nSPS) is 17.7. The quantitative estimate of drug-likeness (QED) is 0.655. The molecule has 3 amide bonds. The van der Waals surface area contributed by atoms with Gasteiger partial charge in [0.25, 0.3) is 0 Å². The van der Waals surface area contributed by atoms with E-state index in [9.17, 15) is 14.4 Å². The maximum atomic E-state index is 11.8. The number of nitrogens with one attached hydrogen (secondary N) is 3. The molecule has 1 saturated heterocycles. The average molecular weight is 291 g/mol. The number of amides is 3. The minimum Gasteiger partial charge on any atom is -0.481 e. The van der Waals surface area contributed by atoms with Crippen LogP contribution in [0.1, 0.15) is 18.4 Å². The van der Waals surface area contributed by atoms with Gasteiger partial charge in [-0.05, 0) is 30.5 Å². The van der Waals surface area contributed by atoms with Gasteiger partial charge in [-0.1, -0.05) is 12.1 Å². The molecule has 0 aliphatic carbocycles. The Bertz CT molecular complexity index is 542. The summed E-state index contributed by atoms with van der Waals surface area (Å²) < 4.78 is 0. The Kier molecular flexibility index (Phi) is 4.76. The van der Waals surface area contributed by atoms with Crippen molar-refractivity contribution in [3.05, 3.63) is 29.8 Å². The monoisotopic (exact) mass is 291 g/mol. The number of benzene rings is 1. The van der Waals surface area contributed by atoms with Crippen LogP contribution in [0.15, 0.2) is 24.3 Å². The zero-order chi connectivity index (χ0) is 15.2. The van der Waals surface area contributed by atoms with E-state index in [1.807, 2.05) is 0 Å². The van der Waals surface area contributed by atoms with Crippen LogP contribution in [-0.2, 0) is 16.0 Å². The zero-order valence-corrected chi connectivity index (χ0v) is 11.4. The highest BCUT2D eigenvalue weighted by Crippen LogP contribution is 2.10. The zero-order valence-electron chi connectivity index (χ0n) is 11.4. The molecule has 1 aliphatic rings. The molecule has 2 rings (SSSR count). The minimum atomic E-state index is -0.906. The number of hydrogen-bond acceptors (Lipinski definition) is 3. The molecule has 1 fully saturated rings. The molecule has 1 heterocycles. The lowest BCUT2D eigenvalue weighted by atomic mass is 10.1. The number of rotatable bonds is 4. The van der Waals surface area contributed by atoms with Crippen LogP contribution in [0.25, 0.3) is 0 Å². The SMILES string of the molecule is O=C(O)Cc1ccc(NC(=O)NC2CCCNC2=O)cc1. The van der Waals surface area contributed by atoms with Gasteiger partial charge in [0.1, 0.15) is 6.04 Å². The van der Waals surface area contributed by atoms with Crippen LogP contribution in [0, 0.1) is 0 Å². The molecule has 1 aromatic carbocycles. The topological polar surface area (TPSA) is 108 Å². The lowest BCUT2D eigenvalue weighted by Crippen LogP contribution is -2.51. The molecule has 0 bridgehead atoms. The van der Waals surface area contributed by atoms with Crippen molar-refractivity contribution < 1.29 is 19.5 Å². The van der Waals surface area contributed by atoms with Crippen molar-refractivity contribution >= 4 is 23.6 Å². The molecular formula is C14H17N3O4. The van der Waals surface area contributed by atoms with E-state index < -0.39 is 18.0 Å². The van der Waals surface area contributed by atoms with E-state index in [1.54, 1.807) is 24.3 Å². The molecule has 0 radical (unpaired) electrons. The molecule has 1 unspecified atom stereocenters. The van der Waals surface area contributed by atoms with E-state index in [1.165, 1.54) is 0 Å². The van der Waals surface area contributed by atoms with E-state index in [-0.39, 0.29) is 12.3 Å².